The highest BCUT2D eigenvalue weighted by molar-refractivity contribution is 5.85. The van der Waals surface area contributed by atoms with Gasteiger partial charge in [-0.05, 0) is 51.7 Å². The number of piperazine rings is 1. The predicted molar refractivity (Wildman–Crippen MR) is 134 cm³/mol. The van der Waals surface area contributed by atoms with Crippen LogP contribution in [0.4, 0.5) is 30.6 Å². The Bertz CT molecular complexity index is 1310. The molecule has 4 aliphatic rings. The zero-order valence-electron chi connectivity index (χ0n) is 21.5. The van der Waals surface area contributed by atoms with E-state index in [1.54, 1.807) is 18.3 Å². The van der Waals surface area contributed by atoms with E-state index in [1.807, 2.05) is 13.8 Å². The number of anilines is 3. The van der Waals surface area contributed by atoms with Gasteiger partial charge in [0.15, 0.2) is 0 Å². The highest BCUT2D eigenvalue weighted by Crippen LogP contribution is 2.57. The van der Waals surface area contributed by atoms with Crippen LogP contribution < -0.4 is 9.80 Å². The first-order valence-electron chi connectivity index (χ1n) is 13.2. The van der Waals surface area contributed by atoms with Crippen molar-refractivity contribution in [2.45, 2.75) is 76.0 Å². The Morgan fingerprint density at radius 1 is 1.05 bits per heavy atom. The van der Waals surface area contributed by atoms with Gasteiger partial charge in [0.1, 0.15) is 29.2 Å². The highest BCUT2D eigenvalue weighted by Gasteiger charge is 2.65. The monoisotopic (exact) mass is 525 g/mol. The lowest BCUT2D eigenvalue weighted by atomic mass is 9.66. The normalized spacial score (nSPS) is 25.4. The van der Waals surface area contributed by atoms with Gasteiger partial charge < -0.3 is 14.7 Å². The minimum absolute atomic E-state index is 0.130. The van der Waals surface area contributed by atoms with Gasteiger partial charge in [-0.15, -0.1) is 0 Å². The van der Waals surface area contributed by atoms with E-state index in [9.17, 15) is 23.2 Å². The van der Waals surface area contributed by atoms with Crippen LogP contribution in [0.25, 0.3) is 0 Å². The number of nitrogens with zero attached hydrogens (tertiary/aromatic N) is 7. The van der Waals surface area contributed by atoms with Crippen molar-refractivity contribution in [1.82, 2.24) is 19.9 Å². The summed E-state index contributed by atoms with van der Waals surface area (Å²) in [6.45, 7) is 5.05. The molecule has 8 nitrogen and oxygen atoms in total. The van der Waals surface area contributed by atoms with Crippen LogP contribution in [0.5, 0.6) is 0 Å². The SMILES string of the molecule is C[C@@H]1CN(c2ncnc3c2C2(CCC2)CN3c2cc(C#N)ccn2)[C@@H](C)CN1C(=O)C1(C(F)(F)F)CCC1. The largest absolute Gasteiger partial charge is 0.403 e. The average molecular weight is 526 g/mol. The average Bonchev–Trinajstić information content (AvgIpc) is 3.20. The fourth-order valence-corrected chi connectivity index (χ4v) is 6.69. The summed E-state index contributed by atoms with van der Waals surface area (Å²) >= 11 is 0. The van der Waals surface area contributed by atoms with E-state index >= 15 is 0 Å². The number of carbonyl (C=O) groups is 1. The Labute approximate surface area is 219 Å². The van der Waals surface area contributed by atoms with Crippen LogP contribution in [-0.2, 0) is 10.2 Å². The third kappa shape index (κ3) is 3.48. The van der Waals surface area contributed by atoms with Crippen LogP contribution in [0.15, 0.2) is 24.7 Å². The maximum absolute atomic E-state index is 13.9. The summed E-state index contributed by atoms with van der Waals surface area (Å²) in [4.78, 5) is 32.8. The molecule has 1 spiro atoms. The van der Waals surface area contributed by atoms with E-state index in [2.05, 4.69) is 25.8 Å². The second-order valence-corrected chi connectivity index (χ2v) is 11.4. The molecule has 2 aromatic heterocycles. The van der Waals surface area contributed by atoms with E-state index < -0.39 is 23.5 Å². The van der Waals surface area contributed by atoms with Gasteiger partial charge >= 0.3 is 6.18 Å². The Balaban J connectivity index is 1.33. The van der Waals surface area contributed by atoms with Crippen molar-refractivity contribution in [2.24, 2.45) is 5.41 Å². The summed E-state index contributed by atoms with van der Waals surface area (Å²) in [5.41, 5.74) is -0.814. The molecule has 2 aliphatic heterocycles. The molecule has 11 heteroatoms. The van der Waals surface area contributed by atoms with Gasteiger partial charge in [-0.3, -0.25) is 4.79 Å². The minimum Gasteiger partial charge on any atom is -0.350 e. The van der Waals surface area contributed by atoms with Gasteiger partial charge in [0.05, 0.1) is 11.6 Å². The number of carbonyl (C=O) groups excluding carboxylic acids is 1. The maximum Gasteiger partial charge on any atom is 0.403 e. The zero-order valence-corrected chi connectivity index (χ0v) is 21.5. The van der Waals surface area contributed by atoms with Crippen molar-refractivity contribution < 1.29 is 18.0 Å². The maximum atomic E-state index is 13.9. The molecule has 1 amide bonds. The Kier molecular flexibility index (Phi) is 5.60. The molecule has 0 N–H and O–H groups in total. The molecule has 38 heavy (non-hydrogen) atoms. The first-order valence-corrected chi connectivity index (χ1v) is 13.2. The Morgan fingerprint density at radius 3 is 2.37 bits per heavy atom. The van der Waals surface area contributed by atoms with Crippen LogP contribution in [0.2, 0.25) is 0 Å². The van der Waals surface area contributed by atoms with Crippen molar-refractivity contribution in [3.05, 3.63) is 35.8 Å². The molecule has 0 aromatic carbocycles. The van der Waals surface area contributed by atoms with Gasteiger partial charge in [-0.2, -0.15) is 18.4 Å². The first kappa shape index (κ1) is 24.9. The first-order chi connectivity index (χ1) is 18.1. The van der Waals surface area contributed by atoms with Crippen molar-refractivity contribution >= 4 is 23.4 Å². The summed E-state index contributed by atoms with van der Waals surface area (Å²) in [5.74, 6) is 1.43. The molecule has 4 heterocycles. The molecule has 2 aliphatic carbocycles. The topological polar surface area (TPSA) is 89.2 Å². The number of nitriles is 1. The van der Waals surface area contributed by atoms with Crippen LogP contribution in [-0.4, -0.2) is 63.7 Å². The van der Waals surface area contributed by atoms with E-state index in [0.717, 1.165) is 36.5 Å². The third-order valence-electron chi connectivity index (χ3n) is 9.19. The molecule has 3 fully saturated rings. The number of rotatable bonds is 3. The molecule has 2 saturated carbocycles. The predicted octanol–water partition coefficient (Wildman–Crippen LogP) is 4.47. The summed E-state index contributed by atoms with van der Waals surface area (Å²) < 4.78 is 41.8. The van der Waals surface area contributed by atoms with Gasteiger partial charge in [0.25, 0.3) is 0 Å². The number of pyridine rings is 1. The molecule has 1 saturated heterocycles. The van der Waals surface area contributed by atoms with Crippen LogP contribution in [0.3, 0.4) is 0 Å². The lowest BCUT2D eigenvalue weighted by molar-refractivity contribution is -0.249. The lowest BCUT2D eigenvalue weighted by Gasteiger charge is -2.51. The minimum atomic E-state index is -4.53. The number of hydrogen-bond acceptors (Lipinski definition) is 7. The van der Waals surface area contributed by atoms with Crippen LogP contribution in [0, 0.1) is 16.7 Å². The van der Waals surface area contributed by atoms with Crippen molar-refractivity contribution in [2.75, 3.05) is 29.4 Å². The van der Waals surface area contributed by atoms with E-state index in [-0.39, 0.29) is 30.8 Å². The molecule has 0 unspecified atom stereocenters. The fraction of sp³-hybridized carbons (Fsp3) is 0.593. The van der Waals surface area contributed by atoms with Gasteiger partial charge in [-0.25, -0.2) is 15.0 Å². The molecule has 2 atom stereocenters. The lowest BCUT2D eigenvalue weighted by Crippen LogP contribution is -2.64. The summed E-state index contributed by atoms with van der Waals surface area (Å²) in [7, 11) is 0. The molecule has 6 rings (SSSR count). The fourth-order valence-electron chi connectivity index (χ4n) is 6.69. The Hall–Kier alpha value is -3.42. The second kappa shape index (κ2) is 8.55. The molecular formula is C27H30F3N7O. The molecular weight excluding hydrogens is 495 g/mol. The van der Waals surface area contributed by atoms with Crippen LogP contribution >= 0.6 is 0 Å². The smallest absolute Gasteiger partial charge is 0.350 e. The number of amides is 1. The number of alkyl halides is 3. The zero-order chi connectivity index (χ0) is 26.9. The number of hydrogen-bond donors (Lipinski definition) is 0. The summed E-state index contributed by atoms with van der Waals surface area (Å²) in [6.07, 6.45) is 1.81. The second-order valence-electron chi connectivity index (χ2n) is 11.4. The molecule has 0 radical (unpaired) electrons. The van der Waals surface area contributed by atoms with E-state index in [4.69, 9.17) is 4.98 Å². The molecule has 2 aromatic rings. The standard InChI is InChI=1S/C27H30F3N7O/c1-17-14-36(24(38)26(8-4-9-26)27(28,29)30)18(2)13-35(17)22-21-23(34-16-33-22)37(15-25(21)6-3-7-25)20-11-19(12-31)5-10-32-20/h5,10-11,16-18H,3-4,6-9,13-15H2,1-2H3/t17-,18+/m0/s1. The van der Waals surface area contributed by atoms with E-state index in [0.29, 0.717) is 30.9 Å². The number of fused-ring (bicyclic) bond motifs is 2. The van der Waals surface area contributed by atoms with Gasteiger partial charge in [0, 0.05) is 48.9 Å². The summed E-state index contributed by atoms with van der Waals surface area (Å²) in [6, 6.07) is 4.98. The van der Waals surface area contributed by atoms with Crippen molar-refractivity contribution in [3.8, 4) is 6.07 Å². The van der Waals surface area contributed by atoms with Gasteiger partial charge in [-0.1, -0.05) is 12.8 Å². The van der Waals surface area contributed by atoms with E-state index in [1.165, 1.54) is 11.2 Å². The number of aromatic nitrogens is 3. The summed E-state index contributed by atoms with van der Waals surface area (Å²) in [5, 5.41) is 9.38. The van der Waals surface area contributed by atoms with Gasteiger partial charge in [0.2, 0.25) is 5.91 Å². The molecule has 200 valence electrons. The molecule has 0 bridgehead atoms. The number of halogens is 3. The Morgan fingerprint density at radius 2 is 1.76 bits per heavy atom. The van der Waals surface area contributed by atoms with Crippen molar-refractivity contribution in [1.29, 1.82) is 5.26 Å². The third-order valence-corrected chi connectivity index (χ3v) is 9.19. The van der Waals surface area contributed by atoms with Crippen molar-refractivity contribution in [3.63, 3.8) is 0 Å². The highest BCUT2D eigenvalue weighted by atomic mass is 19.4. The van der Waals surface area contributed by atoms with Crippen LogP contribution in [0.1, 0.15) is 63.5 Å². The quantitative estimate of drug-likeness (QED) is 0.584.